The van der Waals surface area contributed by atoms with Crippen LogP contribution in [0.2, 0.25) is 0 Å². The van der Waals surface area contributed by atoms with E-state index < -0.39 is 11.6 Å². The molecule has 1 heterocycles. The third kappa shape index (κ3) is 3.83. The van der Waals surface area contributed by atoms with Crippen molar-refractivity contribution in [3.8, 4) is 11.8 Å². The Balaban J connectivity index is 2.04. The molecule has 0 fully saturated rings. The number of carboxylic acids is 1. The molecule has 0 aliphatic heterocycles. The Morgan fingerprint density at radius 1 is 1.33 bits per heavy atom. The van der Waals surface area contributed by atoms with Gasteiger partial charge in [0.25, 0.3) is 0 Å². The molecule has 0 atom stereocenters. The average Bonchev–Trinajstić information content (AvgIpc) is 2.45. The molecule has 0 amide bonds. The summed E-state index contributed by atoms with van der Waals surface area (Å²) in [5.74, 6) is -0.290. The third-order valence-electron chi connectivity index (χ3n) is 2.88. The van der Waals surface area contributed by atoms with Crippen molar-refractivity contribution in [2.75, 3.05) is 6.61 Å². The van der Waals surface area contributed by atoms with Crippen molar-refractivity contribution in [3.63, 3.8) is 0 Å². The highest BCUT2D eigenvalue weighted by atomic mass is 16.5. The molecule has 1 aromatic carbocycles. The van der Waals surface area contributed by atoms with Gasteiger partial charge in [-0.05, 0) is 31.0 Å². The van der Waals surface area contributed by atoms with E-state index in [1.54, 1.807) is 24.3 Å². The molecule has 0 bridgehead atoms. The van der Waals surface area contributed by atoms with Crippen LogP contribution in [-0.4, -0.2) is 17.7 Å². The number of unbranched alkanes of at least 4 members (excludes halogenated alkanes) is 1. The number of nitriles is 1. The summed E-state index contributed by atoms with van der Waals surface area (Å²) in [5.41, 5.74) is -0.365. The molecular weight excluding hydrogens is 274 g/mol. The lowest BCUT2D eigenvalue weighted by atomic mass is 10.2. The second kappa shape index (κ2) is 6.57. The monoisotopic (exact) mass is 287 g/mol. The van der Waals surface area contributed by atoms with E-state index in [4.69, 9.17) is 19.5 Å². The number of aliphatic carboxylic acids is 1. The minimum absolute atomic E-state index is 0.0372. The molecule has 2 aromatic rings. The van der Waals surface area contributed by atoms with Crippen LogP contribution in [0.25, 0.3) is 11.0 Å². The van der Waals surface area contributed by atoms with Crippen molar-refractivity contribution >= 4 is 16.9 Å². The van der Waals surface area contributed by atoms with Gasteiger partial charge in [-0.15, -0.1) is 0 Å². The number of nitrogens with zero attached hydrogens (tertiary/aromatic N) is 1. The first-order valence-electron chi connectivity index (χ1n) is 6.43. The number of benzene rings is 1. The van der Waals surface area contributed by atoms with E-state index in [2.05, 4.69) is 0 Å². The molecule has 0 saturated carbocycles. The number of ether oxygens (including phenoxy) is 1. The highest BCUT2D eigenvalue weighted by molar-refractivity contribution is 5.79. The Kier molecular flexibility index (Phi) is 4.57. The van der Waals surface area contributed by atoms with Gasteiger partial charge in [0.2, 0.25) is 0 Å². The van der Waals surface area contributed by atoms with Crippen molar-refractivity contribution in [2.24, 2.45) is 0 Å². The Morgan fingerprint density at radius 2 is 2.14 bits per heavy atom. The average molecular weight is 287 g/mol. The lowest BCUT2D eigenvalue weighted by Gasteiger charge is -2.06. The lowest BCUT2D eigenvalue weighted by molar-refractivity contribution is -0.137. The fourth-order valence-electron chi connectivity index (χ4n) is 1.83. The van der Waals surface area contributed by atoms with Crippen molar-refractivity contribution in [1.82, 2.24) is 0 Å². The normalized spacial score (nSPS) is 10.2. The van der Waals surface area contributed by atoms with E-state index in [9.17, 15) is 9.59 Å². The number of hydrogen-bond acceptors (Lipinski definition) is 5. The van der Waals surface area contributed by atoms with Gasteiger partial charge in [0.1, 0.15) is 23.0 Å². The summed E-state index contributed by atoms with van der Waals surface area (Å²) in [4.78, 5) is 21.8. The molecule has 0 spiro atoms. The van der Waals surface area contributed by atoms with Crippen LogP contribution in [0.15, 0.2) is 33.5 Å². The van der Waals surface area contributed by atoms with Gasteiger partial charge in [-0.1, -0.05) is 0 Å². The first kappa shape index (κ1) is 14.6. The van der Waals surface area contributed by atoms with Gasteiger partial charge in [0, 0.05) is 17.9 Å². The summed E-state index contributed by atoms with van der Waals surface area (Å²) in [6.45, 7) is 0.388. The summed E-state index contributed by atoms with van der Waals surface area (Å²) in [6, 6.07) is 8.23. The first-order valence-corrected chi connectivity index (χ1v) is 6.43. The molecule has 0 aliphatic carbocycles. The molecule has 1 aromatic heterocycles. The van der Waals surface area contributed by atoms with Gasteiger partial charge in [-0.25, -0.2) is 4.79 Å². The maximum Gasteiger partial charge on any atom is 0.354 e. The Labute approximate surface area is 120 Å². The lowest BCUT2D eigenvalue weighted by Crippen LogP contribution is -2.03. The van der Waals surface area contributed by atoms with Crippen LogP contribution in [-0.2, 0) is 4.79 Å². The van der Waals surface area contributed by atoms with Gasteiger partial charge in [-0.2, -0.15) is 5.26 Å². The zero-order chi connectivity index (χ0) is 15.2. The maximum absolute atomic E-state index is 11.5. The minimum Gasteiger partial charge on any atom is -0.493 e. The maximum atomic E-state index is 11.5. The van der Waals surface area contributed by atoms with Crippen molar-refractivity contribution in [3.05, 3.63) is 40.2 Å². The molecule has 6 nitrogen and oxygen atoms in total. The van der Waals surface area contributed by atoms with E-state index >= 15 is 0 Å². The summed E-state index contributed by atoms with van der Waals surface area (Å²) in [6.07, 6.45) is 1.29. The molecule has 108 valence electrons. The SMILES string of the molecule is N#Cc1cc2ccc(OCCCCC(=O)O)cc2oc1=O. The Bertz CT molecular complexity index is 757. The van der Waals surface area contributed by atoms with E-state index in [0.29, 0.717) is 36.2 Å². The fourth-order valence-corrected chi connectivity index (χ4v) is 1.83. The van der Waals surface area contributed by atoms with E-state index in [-0.39, 0.29) is 12.0 Å². The number of carbonyl (C=O) groups is 1. The highest BCUT2D eigenvalue weighted by Gasteiger charge is 2.06. The van der Waals surface area contributed by atoms with Crippen molar-refractivity contribution in [2.45, 2.75) is 19.3 Å². The second-order valence-corrected chi connectivity index (χ2v) is 4.46. The summed E-state index contributed by atoms with van der Waals surface area (Å²) in [7, 11) is 0. The number of rotatable bonds is 6. The predicted octanol–water partition coefficient (Wildman–Crippen LogP) is 2.30. The fraction of sp³-hybridized carbons (Fsp3) is 0.267. The van der Waals surface area contributed by atoms with Gasteiger partial charge >= 0.3 is 11.6 Å². The summed E-state index contributed by atoms with van der Waals surface area (Å²) >= 11 is 0. The van der Waals surface area contributed by atoms with E-state index in [1.165, 1.54) is 6.07 Å². The molecule has 0 radical (unpaired) electrons. The van der Waals surface area contributed by atoms with Crippen LogP contribution < -0.4 is 10.4 Å². The van der Waals surface area contributed by atoms with Crippen LogP contribution in [0, 0.1) is 11.3 Å². The standard InChI is InChI=1S/C15H13NO5/c16-9-11-7-10-4-5-12(8-13(10)21-15(11)19)20-6-2-1-3-14(17)18/h4-5,7-8H,1-3,6H2,(H,17,18). The molecule has 0 saturated heterocycles. The summed E-state index contributed by atoms with van der Waals surface area (Å²) < 4.78 is 10.5. The summed E-state index contributed by atoms with van der Waals surface area (Å²) in [5, 5.41) is 17.9. The molecule has 0 unspecified atom stereocenters. The zero-order valence-electron chi connectivity index (χ0n) is 11.2. The predicted molar refractivity (Wildman–Crippen MR) is 74.2 cm³/mol. The topological polar surface area (TPSA) is 101 Å². The van der Waals surface area contributed by atoms with Crippen LogP contribution in [0.1, 0.15) is 24.8 Å². The molecule has 21 heavy (non-hydrogen) atoms. The van der Waals surface area contributed by atoms with Gasteiger partial charge < -0.3 is 14.3 Å². The second-order valence-electron chi connectivity index (χ2n) is 4.46. The van der Waals surface area contributed by atoms with Gasteiger partial charge in [0.05, 0.1) is 6.61 Å². The third-order valence-corrected chi connectivity index (χ3v) is 2.88. The molecule has 1 N–H and O–H groups in total. The van der Waals surface area contributed by atoms with Crippen LogP contribution in [0.5, 0.6) is 5.75 Å². The van der Waals surface area contributed by atoms with Crippen LogP contribution >= 0.6 is 0 Å². The molecule has 0 aliphatic rings. The molecule has 6 heteroatoms. The molecule has 2 rings (SSSR count). The van der Waals surface area contributed by atoms with E-state index in [0.717, 1.165) is 0 Å². The minimum atomic E-state index is -0.823. The van der Waals surface area contributed by atoms with E-state index in [1.807, 2.05) is 0 Å². The first-order chi connectivity index (χ1) is 10.1. The quantitative estimate of drug-likeness (QED) is 0.646. The Morgan fingerprint density at radius 3 is 2.86 bits per heavy atom. The van der Waals surface area contributed by atoms with Crippen LogP contribution in [0.4, 0.5) is 0 Å². The van der Waals surface area contributed by atoms with Gasteiger partial charge in [-0.3, -0.25) is 4.79 Å². The number of hydrogen-bond donors (Lipinski definition) is 1. The van der Waals surface area contributed by atoms with Crippen molar-refractivity contribution < 1.29 is 19.1 Å². The Hall–Kier alpha value is -2.81. The van der Waals surface area contributed by atoms with Crippen LogP contribution in [0.3, 0.4) is 0 Å². The molecular formula is C15H13NO5. The van der Waals surface area contributed by atoms with Gasteiger partial charge in [0.15, 0.2) is 0 Å². The largest absolute Gasteiger partial charge is 0.493 e. The van der Waals surface area contributed by atoms with Crippen molar-refractivity contribution in [1.29, 1.82) is 5.26 Å². The number of carboxylic acid groups (broad SMARTS) is 1. The number of fused-ring (bicyclic) bond motifs is 1. The zero-order valence-corrected chi connectivity index (χ0v) is 11.2. The smallest absolute Gasteiger partial charge is 0.354 e. The highest BCUT2D eigenvalue weighted by Crippen LogP contribution is 2.20.